The molecule has 0 amide bonds. The fourth-order valence-corrected chi connectivity index (χ4v) is 4.17. The molecule has 0 radical (unpaired) electrons. The summed E-state index contributed by atoms with van der Waals surface area (Å²) in [5.74, 6) is 0.580. The van der Waals surface area contributed by atoms with Gasteiger partial charge in [0.15, 0.2) is 0 Å². The van der Waals surface area contributed by atoms with E-state index in [1.807, 2.05) is 18.7 Å². The molecular weight excluding hydrogens is 383 g/mol. The topological polar surface area (TPSA) is 43.6 Å². The van der Waals surface area contributed by atoms with Gasteiger partial charge >= 0.3 is 162 Å². The van der Waals surface area contributed by atoms with Crippen molar-refractivity contribution in [1.82, 2.24) is 19.5 Å². The van der Waals surface area contributed by atoms with Crippen LogP contribution >= 0.6 is 0 Å². The molecule has 4 rings (SSSR count). The normalized spacial score (nSPS) is 11.7. The third-order valence-electron chi connectivity index (χ3n) is 4.65. The predicted molar refractivity (Wildman–Crippen MR) is 110 cm³/mol. The van der Waals surface area contributed by atoms with Crippen molar-refractivity contribution in [2.24, 2.45) is 5.92 Å². The van der Waals surface area contributed by atoms with Gasteiger partial charge in [-0.1, -0.05) is 0 Å². The zero-order valence-electron chi connectivity index (χ0n) is 15.2. The van der Waals surface area contributed by atoms with E-state index in [-0.39, 0.29) is 0 Å². The van der Waals surface area contributed by atoms with Crippen molar-refractivity contribution in [1.29, 1.82) is 0 Å². The number of benzene rings is 1. The van der Waals surface area contributed by atoms with E-state index in [4.69, 9.17) is 4.98 Å². The SMILES string of the molecule is CC(C)Cn1cnc2c([AsH2])nc3ccc(CCc4ccncc4)cc3c21. The number of nitrogens with zero attached hydrogens (tertiary/aromatic N) is 4. The Morgan fingerprint density at radius 2 is 1.81 bits per heavy atom. The fourth-order valence-electron chi connectivity index (χ4n) is 3.43. The summed E-state index contributed by atoms with van der Waals surface area (Å²) in [6.07, 6.45) is 7.72. The van der Waals surface area contributed by atoms with Gasteiger partial charge < -0.3 is 0 Å². The van der Waals surface area contributed by atoms with E-state index in [1.165, 1.54) is 38.9 Å². The number of hydrogen-bond donors (Lipinski definition) is 0. The second-order valence-electron chi connectivity index (χ2n) is 7.19. The fraction of sp³-hybridized carbons (Fsp3) is 0.286. The second-order valence-corrected chi connectivity index (χ2v) is 8.34. The second kappa shape index (κ2) is 7.20. The molecule has 0 aliphatic carbocycles. The molecule has 3 heterocycles. The van der Waals surface area contributed by atoms with Crippen LogP contribution in [0.2, 0.25) is 0 Å². The Hall–Kier alpha value is -2.19. The van der Waals surface area contributed by atoms with Gasteiger partial charge in [-0.25, -0.2) is 0 Å². The van der Waals surface area contributed by atoms with Crippen LogP contribution in [-0.2, 0) is 19.4 Å². The minimum atomic E-state index is 0.580. The van der Waals surface area contributed by atoms with Gasteiger partial charge in [-0.05, 0) is 0 Å². The molecule has 4 aromatic rings. The molecule has 1 unspecified atom stereocenters. The van der Waals surface area contributed by atoms with Gasteiger partial charge in [0.1, 0.15) is 0 Å². The molecule has 0 aliphatic heterocycles. The van der Waals surface area contributed by atoms with E-state index >= 15 is 0 Å². The Kier molecular flexibility index (Phi) is 4.77. The third-order valence-corrected chi connectivity index (χ3v) is 5.50. The van der Waals surface area contributed by atoms with Crippen molar-refractivity contribution in [3.8, 4) is 0 Å². The molecular formula is C21H23AsN4. The number of aryl methyl sites for hydroxylation is 2. The van der Waals surface area contributed by atoms with Crippen molar-refractivity contribution in [2.75, 3.05) is 0 Å². The molecule has 0 aliphatic rings. The monoisotopic (exact) mass is 406 g/mol. The van der Waals surface area contributed by atoms with Gasteiger partial charge in [0, 0.05) is 0 Å². The Morgan fingerprint density at radius 3 is 2.58 bits per heavy atom. The number of rotatable bonds is 5. The maximum absolute atomic E-state index is 4.80. The summed E-state index contributed by atoms with van der Waals surface area (Å²) in [5.41, 5.74) is 6.00. The van der Waals surface area contributed by atoms with Crippen molar-refractivity contribution >= 4 is 43.3 Å². The van der Waals surface area contributed by atoms with Gasteiger partial charge in [-0.3, -0.25) is 0 Å². The summed E-state index contributed by atoms with van der Waals surface area (Å²) in [6.45, 7) is 5.46. The quantitative estimate of drug-likeness (QED) is 0.479. The molecule has 0 fully saturated rings. The number of fused-ring (bicyclic) bond motifs is 3. The molecule has 3 aromatic heterocycles. The van der Waals surface area contributed by atoms with Gasteiger partial charge in [0.05, 0.1) is 0 Å². The molecule has 0 N–H and O–H groups in total. The average Bonchev–Trinajstić information content (AvgIpc) is 3.05. The molecule has 4 nitrogen and oxygen atoms in total. The van der Waals surface area contributed by atoms with E-state index in [0.29, 0.717) is 5.92 Å². The van der Waals surface area contributed by atoms with Crippen LogP contribution in [0.4, 0.5) is 0 Å². The predicted octanol–water partition coefficient (Wildman–Crippen LogP) is 2.68. The number of hydrogen-bond acceptors (Lipinski definition) is 3. The molecule has 0 spiro atoms. The maximum atomic E-state index is 4.80. The van der Waals surface area contributed by atoms with Crippen LogP contribution in [0.5, 0.6) is 0 Å². The summed E-state index contributed by atoms with van der Waals surface area (Å²) in [4.78, 5) is 13.5. The first-order valence-electron chi connectivity index (χ1n) is 9.03. The summed E-state index contributed by atoms with van der Waals surface area (Å²) in [6, 6.07) is 10.8. The summed E-state index contributed by atoms with van der Waals surface area (Å²) in [7, 11) is 0. The molecule has 1 atom stereocenters. The number of pyridine rings is 2. The van der Waals surface area contributed by atoms with Crippen molar-refractivity contribution < 1.29 is 0 Å². The Bertz CT molecular complexity index is 1050. The molecule has 5 heteroatoms. The molecule has 1 aromatic carbocycles. The van der Waals surface area contributed by atoms with Crippen LogP contribution in [0.3, 0.4) is 0 Å². The van der Waals surface area contributed by atoms with Crippen LogP contribution in [0.1, 0.15) is 25.0 Å². The van der Waals surface area contributed by atoms with Crippen LogP contribution < -0.4 is 4.48 Å². The zero-order valence-corrected chi connectivity index (χ0v) is 17.6. The van der Waals surface area contributed by atoms with Crippen LogP contribution in [-0.4, -0.2) is 36.4 Å². The third kappa shape index (κ3) is 3.39. The summed E-state index contributed by atoms with van der Waals surface area (Å²) < 4.78 is 3.35. The van der Waals surface area contributed by atoms with E-state index in [2.05, 4.69) is 58.7 Å². The van der Waals surface area contributed by atoms with E-state index in [1.54, 1.807) is 0 Å². The first-order valence-corrected chi connectivity index (χ1v) is 10.2. The van der Waals surface area contributed by atoms with E-state index in [9.17, 15) is 0 Å². The van der Waals surface area contributed by atoms with Gasteiger partial charge in [0.2, 0.25) is 0 Å². The minimum absolute atomic E-state index is 0.580. The van der Waals surface area contributed by atoms with Gasteiger partial charge in [-0.2, -0.15) is 0 Å². The standard InChI is InChI=1S/C21H23AsN4/c1-14(2)12-26-13-24-19-20(26)17-11-16(5-6-18(17)25-21(19)22)4-3-15-7-9-23-10-8-15/h5-11,13-14H,3-4,12,22H2,1-2H3. The Labute approximate surface area is 162 Å². The molecule has 0 saturated heterocycles. The Morgan fingerprint density at radius 1 is 1.04 bits per heavy atom. The number of imidazole rings is 1. The van der Waals surface area contributed by atoms with Crippen molar-refractivity contribution in [3.63, 3.8) is 0 Å². The van der Waals surface area contributed by atoms with Crippen molar-refractivity contribution in [3.05, 3.63) is 60.2 Å². The zero-order chi connectivity index (χ0) is 18.1. The average molecular weight is 406 g/mol. The van der Waals surface area contributed by atoms with Gasteiger partial charge in [-0.15, -0.1) is 0 Å². The van der Waals surface area contributed by atoms with Crippen LogP contribution in [0.25, 0.3) is 21.9 Å². The summed E-state index contributed by atoms with van der Waals surface area (Å²) in [5, 5.41) is 1.21. The van der Waals surface area contributed by atoms with Gasteiger partial charge in [0.25, 0.3) is 0 Å². The Balaban J connectivity index is 1.77. The van der Waals surface area contributed by atoms with Crippen molar-refractivity contribution in [2.45, 2.75) is 33.2 Å². The number of aromatic nitrogens is 4. The first kappa shape index (κ1) is 17.2. The van der Waals surface area contributed by atoms with Crippen LogP contribution in [0, 0.1) is 5.92 Å². The summed E-state index contributed by atoms with van der Waals surface area (Å²) >= 11 is 1.54. The van der Waals surface area contributed by atoms with Crippen LogP contribution in [0.15, 0.2) is 49.1 Å². The van der Waals surface area contributed by atoms with E-state index in [0.717, 1.165) is 34.9 Å². The molecule has 132 valence electrons. The molecule has 0 saturated carbocycles. The first-order chi connectivity index (χ1) is 12.6. The molecule has 0 bridgehead atoms. The van der Waals surface area contributed by atoms with E-state index < -0.39 is 0 Å². The molecule has 26 heavy (non-hydrogen) atoms.